The highest BCUT2D eigenvalue weighted by Crippen LogP contribution is 2.53. The average Bonchev–Trinajstić information content (AvgIpc) is 4.28. The SMILES string of the molecule is Cc1cc(C)c(-c2cc3c4c5c2c2ccccc2n5-c2ccccc2B4n2c4c-3cccc4c3c2c2cccc4c2n3B2c3ccccc3-n3c5ccccc5c5c(-c6c(C)cc(C)cc6C)cc-4c2c53)c(C)c1. The van der Waals surface area contributed by atoms with E-state index in [0.717, 1.165) is 0 Å². The highest BCUT2D eigenvalue weighted by Gasteiger charge is 2.47. The first-order valence-electron chi connectivity index (χ1n) is 26.4. The first-order chi connectivity index (χ1) is 36.3. The molecule has 0 saturated heterocycles. The Morgan fingerprint density at radius 3 is 1.12 bits per heavy atom. The summed E-state index contributed by atoms with van der Waals surface area (Å²) in [7, 11) is 0. The van der Waals surface area contributed by atoms with Crippen molar-refractivity contribution in [2.24, 2.45) is 0 Å². The van der Waals surface area contributed by atoms with Crippen LogP contribution in [0.2, 0.25) is 0 Å². The van der Waals surface area contributed by atoms with E-state index in [-0.39, 0.29) is 13.7 Å². The molecule has 344 valence electrons. The van der Waals surface area contributed by atoms with Gasteiger partial charge in [-0.15, -0.1) is 0 Å². The van der Waals surface area contributed by atoms with Gasteiger partial charge in [0.25, 0.3) is 0 Å². The molecule has 4 aromatic heterocycles. The zero-order chi connectivity index (χ0) is 48.9. The lowest BCUT2D eigenvalue weighted by Gasteiger charge is -2.35. The van der Waals surface area contributed by atoms with Gasteiger partial charge in [-0.25, -0.2) is 0 Å². The number of aryl methyl sites for hydroxylation is 6. The molecule has 10 aromatic carbocycles. The molecule has 14 aromatic rings. The summed E-state index contributed by atoms with van der Waals surface area (Å²) in [4.78, 5) is 0. The van der Waals surface area contributed by atoms with Crippen LogP contribution in [0.3, 0.4) is 0 Å². The van der Waals surface area contributed by atoms with Gasteiger partial charge in [0.05, 0.1) is 33.1 Å². The highest BCUT2D eigenvalue weighted by molar-refractivity contribution is 6.92. The molecule has 74 heavy (non-hydrogen) atoms. The third kappa shape index (κ3) is 4.43. The molecule has 0 spiro atoms. The van der Waals surface area contributed by atoms with Gasteiger partial charge in [-0.2, -0.15) is 0 Å². The highest BCUT2D eigenvalue weighted by atomic mass is 15.1. The number of benzene rings is 10. The van der Waals surface area contributed by atoms with Gasteiger partial charge in [0.2, 0.25) is 0 Å². The minimum Gasteiger partial charge on any atom is -0.374 e. The number of aromatic nitrogens is 4. The number of para-hydroxylation sites is 6. The summed E-state index contributed by atoms with van der Waals surface area (Å²) < 4.78 is 10.9. The third-order valence-electron chi connectivity index (χ3n) is 18.2. The molecule has 0 bridgehead atoms. The molecule has 0 radical (unpaired) electrons. The van der Waals surface area contributed by atoms with Gasteiger partial charge in [0.15, 0.2) is 0 Å². The van der Waals surface area contributed by atoms with E-state index in [9.17, 15) is 0 Å². The number of nitrogens with zero attached hydrogens (tertiary/aromatic N) is 4. The van der Waals surface area contributed by atoms with Gasteiger partial charge in [0, 0.05) is 65.9 Å². The van der Waals surface area contributed by atoms with E-state index >= 15 is 0 Å². The lowest BCUT2D eigenvalue weighted by atomic mass is 9.45. The Hall–Kier alpha value is -8.73. The summed E-state index contributed by atoms with van der Waals surface area (Å²) in [6.07, 6.45) is 0. The van der Waals surface area contributed by atoms with E-state index in [4.69, 9.17) is 0 Å². The fourth-order valence-corrected chi connectivity index (χ4v) is 16.1. The van der Waals surface area contributed by atoms with Crippen molar-refractivity contribution in [2.75, 3.05) is 0 Å². The maximum absolute atomic E-state index is 2.81. The van der Waals surface area contributed by atoms with E-state index in [2.05, 4.69) is 229 Å². The number of rotatable bonds is 2. The molecule has 4 aliphatic heterocycles. The Labute approximate surface area is 428 Å². The summed E-state index contributed by atoms with van der Waals surface area (Å²) in [5.41, 5.74) is 37.0. The van der Waals surface area contributed by atoms with Crippen LogP contribution in [0.15, 0.2) is 170 Å². The van der Waals surface area contributed by atoms with Crippen molar-refractivity contribution >= 4 is 112 Å². The second kappa shape index (κ2) is 13.3. The van der Waals surface area contributed by atoms with Crippen molar-refractivity contribution in [1.82, 2.24) is 18.1 Å². The molecule has 0 fully saturated rings. The normalized spacial score (nSPS) is 13.5. The Balaban J connectivity index is 1.04. The molecular weight excluding hydrogens is 894 g/mol. The van der Waals surface area contributed by atoms with Crippen LogP contribution in [0, 0.1) is 41.5 Å². The summed E-state index contributed by atoms with van der Waals surface area (Å²) in [5, 5.41) is 7.92. The smallest absolute Gasteiger partial charge is 0.333 e. The van der Waals surface area contributed by atoms with E-state index in [1.165, 1.54) is 188 Å². The van der Waals surface area contributed by atoms with Crippen molar-refractivity contribution in [2.45, 2.75) is 41.5 Å². The van der Waals surface area contributed by atoms with E-state index in [0.29, 0.717) is 0 Å². The maximum Gasteiger partial charge on any atom is 0.333 e. The molecule has 0 unspecified atom stereocenters. The topological polar surface area (TPSA) is 19.7 Å². The second-order valence-electron chi connectivity index (χ2n) is 22.2. The molecule has 0 amide bonds. The van der Waals surface area contributed by atoms with Gasteiger partial charge in [-0.3, -0.25) is 0 Å². The predicted molar refractivity (Wildman–Crippen MR) is 315 cm³/mol. The first kappa shape index (κ1) is 39.8. The van der Waals surface area contributed by atoms with Gasteiger partial charge in [0.1, 0.15) is 0 Å². The zero-order valence-corrected chi connectivity index (χ0v) is 42.1. The fraction of sp³-hybridized carbons (Fsp3) is 0.0882. The largest absolute Gasteiger partial charge is 0.374 e. The molecule has 4 aliphatic rings. The Morgan fingerprint density at radius 2 is 0.689 bits per heavy atom. The second-order valence-corrected chi connectivity index (χ2v) is 22.2. The quantitative estimate of drug-likeness (QED) is 0.154. The summed E-state index contributed by atoms with van der Waals surface area (Å²) in [5.74, 6) is 0. The maximum atomic E-state index is 2.81. The monoisotopic (exact) mass is 940 g/mol. The van der Waals surface area contributed by atoms with Crippen LogP contribution in [0.25, 0.3) is 132 Å². The number of fused-ring (bicyclic) bond motifs is 21. The van der Waals surface area contributed by atoms with Crippen molar-refractivity contribution in [3.8, 4) is 55.9 Å². The predicted octanol–water partition coefficient (Wildman–Crippen LogP) is 14.0. The number of hydrogen-bond acceptors (Lipinski definition) is 0. The molecule has 6 heteroatoms. The zero-order valence-electron chi connectivity index (χ0n) is 42.1. The third-order valence-corrected chi connectivity index (χ3v) is 18.2. The van der Waals surface area contributed by atoms with Gasteiger partial charge in [-0.05, 0) is 155 Å². The first-order valence-corrected chi connectivity index (χ1v) is 26.4. The molecule has 8 heterocycles. The van der Waals surface area contributed by atoms with Crippen LogP contribution in [-0.2, 0) is 0 Å². The van der Waals surface area contributed by atoms with E-state index in [1.54, 1.807) is 0 Å². The van der Waals surface area contributed by atoms with Gasteiger partial charge in [-0.1, -0.05) is 145 Å². The molecule has 0 atom stereocenters. The van der Waals surface area contributed by atoms with Crippen molar-refractivity contribution < 1.29 is 0 Å². The van der Waals surface area contributed by atoms with Crippen LogP contribution in [0.1, 0.15) is 33.4 Å². The van der Waals surface area contributed by atoms with E-state index in [1.807, 2.05) is 0 Å². The van der Waals surface area contributed by atoms with Gasteiger partial charge >= 0.3 is 13.7 Å². The molecule has 0 saturated carbocycles. The summed E-state index contributed by atoms with van der Waals surface area (Å²) >= 11 is 0. The van der Waals surface area contributed by atoms with Crippen molar-refractivity contribution in [3.63, 3.8) is 0 Å². The fourth-order valence-electron chi connectivity index (χ4n) is 16.1. The van der Waals surface area contributed by atoms with Crippen LogP contribution in [-0.4, -0.2) is 31.8 Å². The van der Waals surface area contributed by atoms with Crippen LogP contribution >= 0.6 is 0 Å². The Bertz CT molecular complexity index is 4690. The minimum atomic E-state index is -0.0671. The molecule has 0 aliphatic carbocycles. The number of hydrogen-bond donors (Lipinski definition) is 0. The lowest BCUT2D eigenvalue weighted by Crippen LogP contribution is -2.55. The van der Waals surface area contributed by atoms with Crippen molar-refractivity contribution in [1.29, 1.82) is 0 Å². The average molecular weight is 941 g/mol. The summed E-state index contributed by atoms with van der Waals surface area (Å²) in [6.45, 7) is 13.6. The molecule has 4 nitrogen and oxygen atoms in total. The van der Waals surface area contributed by atoms with Crippen LogP contribution < -0.4 is 21.9 Å². The minimum absolute atomic E-state index is 0.0671. The van der Waals surface area contributed by atoms with E-state index < -0.39 is 0 Å². The molecule has 0 N–H and O–H groups in total. The molecule has 18 rings (SSSR count). The Morgan fingerprint density at radius 1 is 0.311 bits per heavy atom. The standard InChI is InChI=1S/C68H46B2N4/c1-35-29-37(3)57(38(4)30-35)49-33-47-41-19-15-21-45-63(41)73(69-51-23-9-13-27-55(51)71-53-25-11-7-17-43(53)59(49)67(71)61(47)69)66-46-22-16-20-42-48-34-50(58-39(5)31-36(2)32-40(58)6)60-44-18-8-12-26-54(44)72-56-28-14-10-24-52(56)70(62(48)68(60)72)74(64(42)46)65(45)66/h7-34H,1-6H3. The van der Waals surface area contributed by atoms with Gasteiger partial charge < -0.3 is 18.1 Å². The summed E-state index contributed by atoms with van der Waals surface area (Å²) in [6, 6.07) is 66.0. The molecular formula is C68H46B2N4. The lowest BCUT2D eigenvalue weighted by molar-refractivity contribution is 1.18. The van der Waals surface area contributed by atoms with Crippen molar-refractivity contribution in [3.05, 3.63) is 203 Å². The Kier molecular flexibility index (Phi) is 7.14. The van der Waals surface area contributed by atoms with Crippen LogP contribution in [0.4, 0.5) is 0 Å². The van der Waals surface area contributed by atoms with Crippen LogP contribution in [0.5, 0.6) is 0 Å².